The Kier molecular flexibility index (Phi) is 6.97. The van der Waals surface area contributed by atoms with E-state index in [-0.39, 0.29) is 18.1 Å². The van der Waals surface area contributed by atoms with Gasteiger partial charge in [-0.05, 0) is 24.3 Å². The number of nitrogens with one attached hydrogen (secondary N) is 1. The molecule has 1 atom stereocenters. The zero-order valence-corrected chi connectivity index (χ0v) is 17.6. The van der Waals surface area contributed by atoms with Gasteiger partial charge in [-0.3, -0.25) is 4.79 Å². The van der Waals surface area contributed by atoms with E-state index in [1.54, 1.807) is 50.6 Å². The van der Waals surface area contributed by atoms with Crippen LogP contribution in [0.15, 0.2) is 51.7 Å². The van der Waals surface area contributed by atoms with Crippen molar-refractivity contribution in [1.29, 1.82) is 0 Å². The van der Waals surface area contributed by atoms with E-state index in [1.165, 1.54) is 6.07 Å². The smallest absolute Gasteiger partial charge is 0.193 e. The molecule has 0 aliphatic heterocycles. The van der Waals surface area contributed by atoms with Gasteiger partial charge in [0.2, 0.25) is 0 Å². The van der Waals surface area contributed by atoms with Gasteiger partial charge in [0.15, 0.2) is 5.43 Å². The second-order valence-electron chi connectivity index (χ2n) is 7.26. The van der Waals surface area contributed by atoms with E-state index < -0.39 is 6.10 Å². The van der Waals surface area contributed by atoms with Crippen LogP contribution in [0.1, 0.15) is 13.8 Å². The molecule has 0 amide bonds. The minimum absolute atomic E-state index is 0.127. The highest BCUT2D eigenvalue weighted by Crippen LogP contribution is 2.31. The summed E-state index contributed by atoms with van der Waals surface area (Å²) in [5.41, 5.74) is 0.888. The zero-order valence-electron chi connectivity index (χ0n) is 17.6. The molecule has 7 heteroatoms. The first-order valence-electron chi connectivity index (χ1n) is 9.75. The minimum Gasteiger partial charge on any atom is -0.497 e. The summed E-state index contributed by atoms with van der Waals surface area (Å²) in [6.07, 6.45) is -0.648. The summed E-state index contributed by atoms with van der Waals surface area (Å²) in [7, 11) is 3.12. The van der Waals surface area contributed by atoms with Gasteiger partial charge in [-0.2, -0.15) is 0 Å². The first-order valence-corrected chi connectivity index (χ1v) is 9.75. The molecule has 1 heterocycles. The number of benzene rings is 2. The molecule has 0 aliphatic rings. The van der Waals surface area contributed by atoms with Gasteiger partial charge < -0.3 is 29.1 Å². The first kappa shape index (κ1) is 21.7. The predicted molar refractivity (Wildman–Crippen MR) is 116 cm³/mol. The Bertz CT molecular complexity index is 1040. The molecule has 0 radical (unpaired) electrons. The molecule has 0 fully saturated rings. The van der Waals surface area contributed by atoms with E-state index in [0.29, 0.717) is 46.1 Å². The van der Waals surface area contributed by atoms with Crippen LogP contribution < -0.4 is 25.0 Å². The molecule has 0 bridgehead atoms. The maximum absolute atomic E-state index is 12.6. The third-order valence-electron chi connectivity index (χ3n) is 4.54. The van der Waals surface area contributed by atoms with Gasteiger partial charge >= 0.3 is 0 Å². The predicted octanol–water partition coefficient (Wildman–Crippen LogP) is 3.21. The van der Waals surface area contributed by atoms with E-state index in [9.17, 15) is 9.90 Å². The van der Waals surface area contributed by atoms with Gasteiger partial charge in [-0.25, -0.2) is 0 Å². The van der Waals surface area contributed by atoms with Gasteiger partial charge in [0.25, 0.3) is 0 Å². The SMILES string of the molecule is COc1cc(OC)cc(-c2cc(=O)c3ccc(OCC(O)CNC(C)C)cc3o2)c1. The Balaban J connectivity index is 1.88. The second kappa shape index (κ2) is 9.65. The van der Waals surface area contributed by atoms with E-state index in [4.69, 9.17) is 18.6 Å². The molecule has 0 saturated carbocycles. The maximum atomic E-state index is 12.6. The van der Waals surface area contributed by atoms with E-state index in [1.807, 2.05) is 13.8 Å². The lowest BCUT2D eigenvalue weighted by atomic mass is 10.1. The van der Waals surface area contributed by atoms with E-state index in [2.05, 4.69) is 5.32 Å². The summed E-state index contributed by atoms with van der Waals surface area (Å²) in [5.74, 6) is 2.08. The van der Waals surface area contributed by atoms with Crippen LogP contribution in [-0.2, 0) is 0 Å². The number of hydrogen-bond donors (Lipinski definition) is 2. The number of methoxy groups -OCH3 is 2. The summed E-state index contributed by atoms with van der Waals surface area (Å²) in [6.45, 7) is 4.58. The average Bonchev–Trinajstić information content (AvgIpc) is 2.75. The Morgan fingerprint density at radius 1 is 1.00 bits per heavy atom. The van der Waals surface area contributed by atoms with Crippen molar-refractivity contribution in [2.24, 2.45) is 0 Å². The molecule has 2 aromatic carbocycles. The van der Waals surface area contributed by atoms with Crippen LogP contribution >= 0.6 is 0 Å². The van der Waals surface area contributed by atoms with Crippen molar-refractivity contribution in [2.45, 2.75) is 26.0 Å². The van der Waals surface area contributed by atoms with Crippen molar-refractivity contribution in [3.05, 3.63) is 52.7 Å². The lowest BCUT2D eigenvalue weighted by Crippen LogP contribution is -2.35. The lowest BCUT2D eigenvalue weighted by molar-refractivity contribution is 0.104. The molecule has 2 N–H and O–H groups in total. The largest absolute Gasteiger partial charge is 0.497 e. The van der Waals surface area contributed by atoms with Crippen molar-refractivity contribution in [3.63, 3.8) is 0 Å². The van der Waals surface area contributed by atoms with Gasteiger partial charge in [-0.15, -0.1) is 0 Å². The number of fused-ring (bicyclic) bond motifs is 1. The second-order valence-corrected chi connectivity index (χ2v) is 7.26. The molecule has 30 heavy (non-hydrogen) atoms. The van der Waals surface area contributed by atoms with Crippen molar-refractivity contribution >= 4 is 11.0 Å². The van der Waals surface area contributed by atoms with E-state index >= 15 is 0 Å². The molecule has 3 rings (SSSR count). The third-order valence-corrected chi connectivity index (χ3v) is 4.54. The highest BCUT2D eigenvalue weighted by Gasteiger charge is 2.12. The Hall–Kier alpha value is -3.03. The molecule has 0 spiro atoms. The van der Waals surface area contributed by atoms with Crippen molar-refractivity contribution in [2.75, 3.05) is 27.4 Å². The van der Waals surface area contributed by atoms with Crippen molar-refractivity contribution in [1.82, 2.24) is 5.32 Å². The number of hydrogen-bond acceptors (Lipinski definition) is 7. The lowest BCUT2D eigenvalue weighted by Gasteiger charge is -2.15. The number of aliphatic hydroxyl groups excluding tert-OH is 1. The quantitative estimate of drug-likeness (QED) is 0.557. The fourth-order valence-electron chi connectivity index (χ4n) is 2.94. The molecule has 1 aromatic heterocycles. The molecule has 160 valence electrons. The highest BCUT2D eigenvalue weighted by molar-refractivity contribution is 5.80. The molecule has 3 aromatic rings. The van der Waals surface area contributed by atoms with Crippen LogP contribution in [0, 0.1) is 0 Å². The molecule has 0 aliphatic carbocycles. The van der Waals surface area contributed by atoms with Gasteiger partial charge in [-0.1, -0.05) is 13.8 Å². The molecule has 0 saturated heterocycles. The van der Waals surface area contributed by atoms with Crippen LogP contribution in [0.5, 0.6) is 17.2 Å². The maximum Gasteiger partial charge on any atom is 0.193 e. The van der Waals surface area contributed by atoms with Gasteiger partial charge in [0, 0.05) is 36.3 Å². The molecular formula is C23H27NO6. The summed E-state index contributed by atoms with van der Waals surface area (Å²) in [4.78, 5) is 12.6. The van der Waals surface area contributed by atoms with Crippen molar-refractivity contribution in [3.8, 4) is 28.6 Å². The number of rotatable bonds is 9. The normalized spacial score (nSPS) is 12.2. The Morgan fingerprint density at radius 2 is 1.70 bits per heavy atom. The van der Waals surface area contributed by atoms with Crippen LogP contribution in [-0.4, -0.2) is 44.6 Å². The average molecular weight is 413 g/mol. The van der Waals surface area contributed by atoms with Gasteiger partial charge in [0.1, 0.15) is 41.3 Å². The third kappa shape index (κ3) is 5.31. The fraction of sp³-hybridized carbons (Fsp3) is 0.348. The Morgan fingerprint density at radius 3 is 2.33 bits per heavy atom. The molecular weight excluding hydrogens is 386 g/mol. The van der Waals surface area contributed by atoms with Crippen LogP contribution in [0.4, 0.5) is 0 Å². The highest BCUT2D eigenvalue weighted by atomic mass is 16.5. The molecule has 1 unspecified atom stereocenters. The van der Waals surface area contributed by atoms with Crippen molar-refractivity contribution < 1.29 is 23.7 Å². The summed E-state index contributed by atoms with van der Waals surface area (Å²) in [6, 6.07) is 12.0. The standard InChI is InChI=1S/C23H27NO6/c1-14(2)24-12-16(25)13-29-17-5-6-20-21(26)11-22(30-23(20)10-17)15-7-18(27-3)9-19(8-15)28-4/h5-11,14,16,24-25H,12-13H2,1-4H3. The van der Waals surface area contributed by atoms with E-state index in [0.717, 1.165) is 0 Å². The minimum atomic E-state index is -0.648. The molecule has 7 nitrogen and oxygen atoms in total. The summed E-state index contributed by atoms with van der Waals surface area (Å²) >= 11 is 0. The topological polar surface area (TPSA) is 90.2 Å². The fourth-order valence-corrected chi connectivity index (χ4v) is 2.94. The summed E-state index contributed by atoms with van der Waals surface area (Å²) in [5, 5.41) is 13.6. The van der Waals surface area contributed by atoms with Crippen LogP contribution in [0.25, 0.3) is 22.3 Å². The number of ether oxygens (including phenoxy) is 3. The zero-order chi connectivity index (χ0) is 21.7. The van der Waals surface area contributed by atoms with Crippen LogP contribution in [0.3, 0.4) is 0 Å². The Labute approximate surface area is 175 Å². The number of aliphatic hydroxyl groups is 1. The summed E-state index contributed by atoms with van der Waals surface area (Å²) < 4.78 is 22.3. The first-order chi connectivity index (χ1) is 14.4. The monoisotopic (exact) mass is 413 g/mol. The van der Waals surface area contributed by atoms with Crippen LogP contribution in [0.2, 0.25) is 0 Å². The van der Waals surface area contributed by atoms with Gasteiger partial charge in [0.05, 0.1) is 19.6 Å².